The van der Waals surface area contributed by atoms with Crippen LogP contribution in [0.25, 0.3) is 0 Å². The Balaban J connectivity index is 1.87. The minimum atomic E-state index is 0.0246. The largest absolute Gasteiger partial charge is 0.497 e. The molecule has 0 saturated carbocycles. The number of benzene rings is 1. The first kappa shape index (κ1) is 15.6. The van der Waals surface area contributed by atoms with Crippen molar-refractivity contribution >= 4 is 34.1 Å². The van der Waals surface area contributed by atoms with E-state index in [-0.39, 0.29) is 5.91 Å². The summed E-state index contributed by atoms with van der Waals surface area (Å²) >= 11 is 2.63. The summed E-state index contributed by atoms with van der Waals surface area (Å²) in [5.74, 6) is 1.12. The second-order valence-electron chi connectivity index (χ2n) is 4.30. The van der Waals surface area contributed by atoms with E-state index in [0.717, 1.165) is 11.3 Å². The Kier molecular flexibility index (Phi) is 5.40. The van der Waals surface area contributed by atoms with Gasteiger partial charge in [0.15, 0.2) is 4.34 Å². The lowest BCUT2D eigenvalue weighted by molar-refractivity contribution is -0.127. The number of hydrogen-bond donors (Lipinski definition) is 1. The van der Waals surface area contributed by atoms with Crippen LogP contribution in [0.1, 0.15) is 5.56 Å². The van der Waals surface area contributed by atoms with Crippen LogP contribution in [-0.4, -0.2) is 40.9 Å². The van der Waals surface area contributed by atoms with Crippen LogP contribution in [-0.2, 0) is 11.3 Å². The van der Waals surface area contributed by atoms with Crippen molar-refractivity contribution in [3.63, 3.8) is 0 Å². The van der Waals surface area contributed by atoms with Crippen molar-refractivity contribution in [3.05, 3.63) is 29.8 Å². The molecule has 1 aromatic carbocycles. The van der Waals surface area contributed by atoms with Crippen LogP contribution >= 0.6 is 23.1 Å². The number of nitrogens with two attached hydrogens (primary N) is 1. The summed E-state index contributed by atoms with van der Waals surface area (Å²) in [6.07, 6.45) is 0. The van der Waals surface area contributed by atoms with Crippen molar-refractivity contribution in [1.29, 1.82) is 0 Å². The van der Waals surface area contributed by atoms with Crippen LogP contribution in [0.4, 0.5) is 5.13 Å². The van der Waals surface area contributed by atoms with Gasteiger partial charge in [0.2, 0.25) is 11.0 Å². The van der Waals surface area contributed by atoms with Crippen molar-refractivity contribution < 1.29 is 9.53 Å². The Morgan fingerprint density at radius 3 is 2.95 bits per heavy atom. The second-order valence-corrected chi connectivity index (χ2v) is 6.53. The summed E-state index contributed by atoms with van der Waals surface area (Å²) < 4.78 is 5.88. The van der Waals surface area contributed by atoms with E-state index in [9.17, 15) is 4.79 Å². The lowest BCUT2D eigenvalue weighted by Gasteiger charge is -2.17. The number of rotatable bonds is 6. The Morgan fingerprint density at radius 1 is 1.48 bits per heavy atom. The molecule has 8 heteroatoms. The fourth-order valence-electron chi connectivity index (χ4n) is 1.65. The first-order valence-corrected chi connectivity index (χ1v) is 7.97. The lowest BCUT2D eigenvalue weighted by atomic mass is 10.2. The number of carbonyl (C=O) groups excluding carboxylic acids is 1. The van der Waals surface area contributed by atoms with E-state index in [1.807, 2.05) is 24.3 Å². The number of anilines is 1. The molecule has 0 radical (unpaired) electrons. The fraction of sp³-hybridized carbons (Fsp3) is 0.308. The molecule has 2 N–H and O–H groups in total. The smallest absolute Gasteiger partial charge is 0.233 e. The number of nitrogens with zero attached hydrogens (tertiary/aromatic N) is 3. The van der Waals surface area contributed by atoms with Crippen LogP contribution in [0.2, 0.25) is 0 Å². The molecule has 0 bridgehead atoms. The molecule has 0 aliphatic heterocycles. The third-order valence-electron chi connectivity index (χ3n) is 2.72. The van der Waals surface area contributed by atoms with E-state index in [1.54, 1.807) is 19.1 Å². The van der Waals surface area contributed by atoms with Crippen LogP contribution in [0.5, 0.6) is 5.75 Å². The minimum absolute atomic E-state index is 0.0246. The standard InChI is InChI=1S/C13H16N4O2S2/c1-17(7-9-4-3-5-10(6-9)19-2)11(18)8-20-13-16-15-12(14)21-13/h3-6H,7-8H2,1-2H3,(H2,14,15). The predicted molar refractivity (Wildman–Crippen MR) is 84.5 cm³/mol. The number of methoxy groups -OCH3 is 1. The molecule has 1 heterocycles. The zero-order valence-electron chi connectivity index (χ0n) is 11.8. The maximum atomic E-state index is 12.1. The second kappa shape index (κ2) is 7.28. The summed E-state index contributed by atoms with van der Waals surface area (Å²) in [6.45, 7) is 0.537. The van der Waals surface area contributed by atoms with Gasteiger partial charge in [0.1, 0.15) is 5.75 Å². The monoisotopic (exact) mass is 324 g/mol. The van der Waals surface area contributed by atoms with Gasteiger partial charge in [0.25, 0.3) is 0 Å². The third-order valence-corrected chi connectivity index (χ3v) is 4.59. The SMILES string of the molecule is COc1cccc(CN(C)C(=O)CSc2nnc(N)s2)c1. The first-order chi connectivity index (χ1) is 10.1. The molecule has 1 aromatic heterocycles. The summed E-state index contributed by atoms with van der Waals surface area (Å²) in [7, 11) is 3.40. The van der Waals surface area contributed by atoms with Gasteiger partial charge >= 0.3 is 0 Å². The highest BCUT2D eigenvalue weighted by molar-refractivity contribution is 8.01. The quantitative estimate of drug-likeness (QED) is 0.817. The molecular weight excluding hydrogens is 308 g/mol. The van der Waals surface area contributed by atoms with E-state index in [1.165, 1.54) is 23.1 Å². The van der Waals surface area contributed by atoms with Crippen LogP contribution in [0.15, 0.2) is 28.6 Å². The number of carbonyl (C=O) groups is 1. The van der Waals surface area contributed by atoms with E-state index < -0.39 is 0 Å². The van der Waals surface area contributed by atoms with Gasteiger partial charge in [0.05, 0.1) is 12.9 Å². The van der Waals surface area contributed by atoms with Crippen molar-refractivity contribution in [2.24, 2.45) is 0 Å². The molecule has 6 nitrogen and oxygen atoms in total. The number of aromatic nitrogens is 2. The van der Waals surface area contributed by atoms with E-state index in [0.29, 0.717) is 21.8 Å². The molecule has 0 atom stereocenters. The maximum absolute atomic E-state index is 12.1. The number of amides is 1. The maximum Gasteiger partial charge on any atom is 0.233 e. The predicted octanol–water partition coefficient (Wildman–Crippen LogP) is 1.88. The molecule has 0 spiro atoms. The zero-order valence-corrected chi connectivity index (χ0v) is 13.4. The fourth-order valence-corrected chi connectivity index (χ4v) is 3.22. The van der Waals surface area contributed by atoms with Crippen molar-refractivity contribution in [2.45, 2.75) is 10.9 Å². The number of hydrogen-bond acceptors (Lipinski definition) is 7. The van der Waals surface area contributed by atoms with Crippen LogP contribution < -0.4 is 10.5 Å². The van der Waals surface area contributed by atoms with E-state index in [2.05, 4.69) is 10.2 Å². The van der Waals surface area contributed by atoms with E-state index >= 15 is 0 Å². The summed E-state index contributed by atoms with van der Waals surface area (Å²) in [6, 6.07) is 7.67. The van der Waals surface area contributed by atoms with Crippen molar-refractivity contribution in [3.8, 4) is 5.75 Å². The third kappa shape index (κ3) is 4.61. The molecule has 2 aromatic rings. The molecule has 0 aliphatic carbocycles. The lowest BCUT2D eigenvalue weighted by Crippen LogP contribution is -2.27. The van der Waals surface area contributed by atoms with Crippen LogP contribution in [0, 0.1) is 0 Å². The number of nitrogen functional groups attached to an aromatic ring is 1. The van der Waals surface area contributed by atoms with Gasteiger partial charge in [-0.05, 0) is 17.7 Å². The van der Waals surface area contributed by atoms with Gasteiger partial charge in [-0.2, -0.15) is 0 Å². The normalized spacial score (nSPS) is 10.4. The molecule has 0 saturated heterocycles. The molecule has 0 fully saturated rings. The highest BCUT2D eigenvalue weighted by atomic mass is 32.2. The van der Waals surface area contributed by atoms with Crippen molar-refractivity contribution in [1.82, 2.24) is 15.1 Å². The highest BCUT2D eigenvalue weighted by Gasteiger charge is 2.12. The Labute approximate surface area is 131 Å². The summed E-state index contributed by atoms with van der Waals surface area (Å²) in [5, 5.41) is 8.00. The van der Waals surface area contributed by atoms with Crippen molar-refractivity contribution in [2.75, 3.05) is 25.6 Å². The molecular formula is C13H16N4O2S2. The van der Waals surface area contributed by atoms with Gasteiger partial charge in [-0.25, -0.2) is 0 Å². The van der Waals surface area contributed by atoms with E-state index in [4.69, 9.17) is 10.5 Å². The molecule has 1 amide bonds. The van der Waals surface area contributed by atoms with Gasteiger partial charge in [0, 0.05) is 13.6 Å². The molecule has 0 unspecified atom stereocenters. The topological polar surface area (TPSA) is 81.3 Å². The van der Waals surface area contributed by atoms with Crippen LogP contribution in [0.3, 0.4) is 0 Å². The Hall–Kier alpha value is -1.80. The summed E-state index contributed by atoms with van der Waals surface area (Å²) in [4.78, 5) is 13.8. The average molecular weight is 324 g/mol. The summed E-state index contributed by atoms with van der Waals surface area (Å²) in [5.41, 5.74) is 6.52. The molecule has 21 heavy (non-hydrogen) atoms. The first-order valence-electron chi connectivity index (χ1n) is 6.17. The number of ether oxygens (including phenoxy) is 1. The minimum Gasteiger partial charge on any atom is -0.497 e. The van der Waals surface area contributed by atoms with Gasteiger partial charge in [-0.1, -0.05) is 35.2 Å². The highest BCUT2D eigenvalue weighted by Crippen LogP contribution is 2.23. The van der Waals surface area contributed by atoms with Gasteiger partial charge in [-0.3, -0.25) is 4.79 Å². The zero-order chi connectivity index (χ0) is 15.2. The Bertz CT molecular complexity index is 618. The molecule has 112 valence electrons. The van der Waals surface area contributed by atoms with Gasteiger partial charge < -0.3 is 15.4 Å². The van der Waals surface area contributed by atoms with Gasteiger partial charge in [-0.15, -0.1) is 10.2 Å². The molecule has 0 aliphatic rings. The number of thioether (sulfide) groups is 1. The molecule has 2 rings (SSSR count). The Morgan fingerprint density at radius 2 is 2.29 bits per heavy atom. The average Bonchev–Trinajstić information content (AvgIpc) is 2.90.